The molecular weight excluding hydrogens is 210 g/mol. The number of nitrogens with one attached hydrogen (secondary N) is 1. The van der Waals surface area contributed by atoms with Crippen molar-refractivity contribution in [1.82, 2.24) is 5.32 Å². The number of benzene rings is 1. The molecule has 0 bridgehead atoms. The normalized spacial score (nSPS) is 26.1. The summed E-state index contributed by atoms with van der Waals surface area (Å²) < 4.78 is 5.49. The zero-order valence-electron chi connectivity index (χ0n) is 10.5. The van der Waals surface area contributed by atoms with Gasteiger partial charge in [-0.05, 0) is 49.4 Å². The van der Waals surface area contributed by atoms with E-state index in [-0.39, 0.29) is 0 Å². The molecule has 2 nitrogen and oxygen atoms in total. The highest BCUT2D eigenvalue weighted by Gasteiger charge is 2.31. The second kappa shape index (κ2) is 4.19. The van der Waals surface area contributed by atoms with Gasteiger partial charge in [0.25, 0.3) is 0 Å². The summed E-state index contributed by atoms with van der Waals surface area (Å²) in [5, 5.41) is 3.43. The van der Waals surface area contributed by atoms with Gasteiger partial charge < -0.3 is 10.1 Å². The molecule has 0 radical (unpaired) electrons. The Balaban J connectivity index is 2.09. The minimum atomic E-state index is 0.625. The first-order chi connectivity index (χ1) is 8.33. The van der Waals surface area contributed by atoms with Crippen LogP contribution in [0.2, 0.25) is 0 Å². The molecule has 0 spiro atoms. The molecule has 2 atom stereocenters. The summed E-state index contributed by atoms with van der Waals surface area (Å²) in [5.41, 5.74) is 4.36. The molecule has 1 aromatic carbocycles. The maximum Gasteiger partial charge on any atom is 0.122 e. The van der Waals surface area contributed by atoms with Crippen LogP contribution in [0.4, 0.5) is 0 Å². The maximum atomic E-state index is 5.49. The topological polar surface area (TPSA) is 21.3 Å². The molecule has 17 heavy (non-hydrogen) atoms. The van der Waals surface area contributed by atoms with Crippen molar-refractivity contribution in [1.29, 1.82) is 0 Å². The standard InChI is InChI=1S/C15H19NO/c1-16-12-8-10-4-3-5-13-14(17-2)7-6-11(9-12)15(10)13/h3-5,7,11-12,16H,6,8-9H2,1-2H3. The quantitative estimate of drug-likeness (QED) is 0.842. The van der Waals surface area contributed by atoms with Gasteiger partial charge in [0.05, 0.1) is 7.11 Å². The lowest BCUT2D eigenvalue weighted by Gasteiger charge is -2.35. The minimum absolute atomic E-state index is 0.625. The Morgan fingerprint density at radius 2 is 2.24 bits per heavy atom. The number of hydrogen-bond donors (Lipinski definition) is 1. The largest absolute Gasteiger partial charge is 0.496 e. The van der Waals surface area contributed by atoms with Crippen LogP contribution < -0.4 is 5.32 Å². The van der Waals surface area contributed by atoms with Crippen LogP contribution in [-0.4, -0.2) is 20.2 Å². The highest BCUT2D eigenvalue weighted by atomic mass is 16.5. The van der Waals surface area contributed by atoms with Crippen molar-refractivity contribution < 1.29 is 4.74 Å². The molecule has 0 saturated heterocycles. The molecule has 0 amide bonds. The van der Waals surface area contributed by atoms with Gasteiger partial charge >= 0.3 is 0 Å². The molecule has 0 aliphatic heterocycles. The summed E-state index contributed by atoms with van der Waals surface area (Å²) in [7, 11) is 3.84. The molecule has 0 heterocycles. The zero-order valence-corrected chi connectivity index (χ0v) is 10.5. The number of methoxy groups -OCH3 is 1. The lowest BCUT2D eigenvalue weighted by atomic mass is 9.74. The van der Waals surface area contributed by atoms with Gasteiger partial charge in [-0.1, -0.05) is 18.2 Å². The van der Waals surface area contributed by atoms with Crippen LogP contribution in [0, 0.1) is 0 Å². The van der Waals surface area contributed by atoms with Crippen molar-refractivity contribution in [2.24, 2.45) is 0 Å². The van der Waals surface area contributed by atoms with Crippen molar-refractivity contribution in [3.8, 4) is 0 Å². The Bertz CT molecular complexity index is 464. The van der Waals surface area contributed by atoms with Crippen LogP contribution in [-0.2, 0) is 11.2 Å². The smallest absolute Gasteiger partial charge is 0.122 e. The predicted octanol–water partition coefficient (Wildman–Crippen LogP) is 2.70. The number of likely N-dealkylation sites (N-methyl/N-ethyl adjacent to an activating group) is 1. The molecule has 0 saturated carbocycles. The lowest BCUT2D eigenvalue weighted by Crippen LogP contribution is -2.34. The molecule has 2 unspecified atom stereocenters. The fourth-order valence-corrected chi connectivity index (χ4v) is 3.28. The molecule has 3 rings (SSSR count). The number of rotatable bonds is 2. The molecular formula is C15H19NO. The van der Waals surface area contributed by atoms with Crippen molar-refractivity contribution in [3.63, 3.8) is 0 Å². The van der Waals surface area contributed by atoms with E-state index in [1.165, 1.54) is 17.5 Å². The summed E-state index contributed by atoms with van der Waals surface area (Å²) in [6, 6.07) is 7.25. The number of ether oxygens (including phenoxy) is 1. The van der Waals surface area contributed by atoms with Crippen molar-refractivity contribution in [2.75, 3.05) is 14.2 Å². The summed E-state index contributed by atoms with van der Waals surface area (Å²) >= 11 is 0. The summed E-state index contributed by atoms with van der Waals surface area (Å²) in [5.74, 6) is 1.73. The second-order valence-corrected chi connectivity index (χ2v) is 5.01. The Morgan fingerprint density at radius 1 is 1.35 bits per heavy atom. The van der Waals surface area contributed by atoms with Gasteiger partial charge in [0, 0.05) is 11.6 Å². The molecule has 1 N–H and O–H groups in total. The van der Waals surface area contributed by atoms with Crippen LogP contribution >= 0.6 is 0 Å². The molecule has 0 fully saturated rings. The molecule has 90 valence electrons. The zero-order chi connectivity index (χ0) is 11.8. The van der Waals surface area contributed by atoms with Gasteiger partial charge in [0.1, 0.15) is 5.76 Å². The van der Waals surface area contributed by atoms with E-state index in [0.717, 1.165) is 18.6 Å². The lowest BCUT2D eigenvalue weighted by molar-refractivity contribution is 0.358. The van der Waals surface area contributed by atoms with Crippen LogP contribution in [0.25, 0.3) is 5.76 Å². The van der Waals surface area contributed by atoms with Crippen molar-refractivity contribution >= 4 is 5.76 Å². The van der Waals surface area contributed by atoms with E-state index in [1.807, 2.05) is 0 Å². The van der Waals surface area contributed by atoms with Gasteiger partial charge in [-0.25, -0.2) is 0 Å². The minimum Gasteiger partial charge on any atom is -0.496 e. The monoisotopic (exact) mass is 229 g/mol. The first-order valence-electron chi connectivity index (χ1n) is 6.37. The molecule has 2 aliphatic rings. The van der Waals surface area contributed by atoms with E-state index >= 15 is 0 Å². The Kier molecular flexibility index (Phi) is 2.67. The SMILES string of the molecule is CNC1Cc2cccc3c2C(CC=C3OC)C1. The highest BCUT2D eigenvalue weighted by Crippen LogP contribution is 2.42. The van der Waals surface area contributed by atoms with Crippen molar-refractivity contribution in [3.05, 3.63) is 41.0 Å². The first-order valence-corrected chi connectivity index (χ1v) is 6.37. The second-order valence-electron chi connectivity index (χ2n) is 5.01. The summed E-state index contributed by atoms with van der Waals surface area (Å²) in [4.78, 5) is 0. The van der Waals surface area contributed by atoms with E-state index in [4.69, 9.17) is 4.74 Å². The number of hydrogen-bond acceptors (Lipinski definition) is 2. The van der Waals surface area contributed by atoms with Gasteiger partial charge in [0.15, 0.2) is 0 Å². The van der Waals surface area contributed by atoms with E-state index in [0.29, 0.717) is 12.0 Å². The first kappa shape index (κ1) is 10.8. The summed E-state index contributed by atoms with van der Waals surface area (Å²) in [6.45, 7) is 0. The van der Waals surface area contributed by atoms with E-state index in [2.05, 4.69) is 36.6 Å². The van der Waals surface area contributed by atoms with E-state index in [1.54, 1.807) is 12.7 Å². The third-order valence-electron chi connectivity index (χ3n) is 4.12. The summed E-state index contributed by atoms with van der Waals surface area (Å²) in [6.07, 6.45) is 5.75. The fourth-order valence-electron chi connectivity index (χ4n) is 3.28. The average molecular weight is 229 g/mol. The Hall–Kier alpha value is -1.28. The van der Waals surface area contributed by atoms with Crippen LogP contribution in [0.5, 0.6) is 0 Å². The predicted molar refractivity (Wildman–Crippen MR) is 70.0 cm³/mol. The van der Waals surface area contributed by atoms with E-state index < -0.39 is 0 Å². The number of allylic oxidation sites excluding steroid dienone is 1. The van der Waals surface area contributed by atoms with Gasteiger partial charge in [0.2, 0.25) is 0 Å². The average Bonchev–Trinajstić information content (AvgIpc) is 2.39. The molecule has 2 aliphatic carbocycles. The van der Waals surface area contributed by atoms with Crippen LogP contribution in [0.15, 0.2) is 24.3 Å². The maximum absolute atomic E-state index is 5.49. The third-order valence-corrected chi connectivity index (χ3v) is 4.12. The third kappa shape index (κ3) is 1.67. The van der Waals surface area contributed by atoms with Gasteiger partial charge in [-0.2, -0.15) is 0 Å². The van der Waals surface area contributed by atoms with Gasteiger partial charge in [-0.3, -0.25) is 0 Å². The molecule has 1 aromatic rings. The Morgan fingerprint density at radius 3 is 3.00 bits per heavy atom. The van der Waals surface area contributed by atoms with E-state index in [9.17, 15) is 0 Å². The van der Waals surface area contributed by atoms with Crippen molar-refractivity contribution in [2.45, 2.75) is 31.2 Å². The molecule has 0 aromatic heterocycles. The Labute approximate surface area is 103 Å². The highest BCUT2D eigenvalue weighted by molar-refractivity contribution is 5.68. The van der Waals surface area contributed by atoms with Crippen LogP contribution in [0.1, 0.15) is 35.4 Å². The van der Waals surface area contributed by atoms with Crippen LogP contribution in [0.3, 0.4) is 0 Å². The fraction of sp³-hybridized carbons (Fsp3) is 0.467. The van der Waals surface area contributed by atoms with Gasteiger partial charge in [-0.15, -0.1) is 0 Å². The molecule has 2 heteroatoms.